The number of phenolic OH excluding ortho intramolecular Hbond substituents is 2. The molecule has 2 aromatic carbocycles. The van der Waals surface area contributed by atoms with Crippen molar-refractivity contribution in [2.24, 2.45) is 0 Å². The summed E-state index contributed by atoms with van der Waals surface area (Å²) in [7, 11) is 0. The van der Waals surface area contributed by atoms with Gasteiger partial charge in [0.2, 0.25) is 0 Å². The fourth-order valence-corrected chi connectivity index (χ4v) is 4.56. The van der Waals surface area contributed by atoms with Gasteiger partial charge in [0, 0.05) is 16.5 Å². The Kier molecular flexibility index (Phi) is 6.47. The molecule has 0 atom stereocenters. The molecule has 0 saturated heterocycles. The summed E-state index contributed by atoms with van der Waals surface area (Å²) in [5.74, 6) is 0.110. The van der Waals surface area contributed by atoms with Gasteiger partial charge in [-0.15, -0.1) is 0 Å². The lowest BCUT2D eigenvalue weighted by Crippen LogP contribution is -2.31. The van der Waals surface area contributed by atoms with E-state index in [1.807, 2.05) is 18.2 Å². The highest BCUT2D eigenvalue weighted by Gasteiger charge is 2.40. The van der Waals surface area contributed by atoms with E-state index in [1.165, 1.54) is 11.1 Å². The third-order valence-electron chi connectivity index (χ3n) is 5.95. The smallest absolute Gasteiger partial charge is 0.162 e. The third kappa shape index (κ3) is 4.47. The van der Waals surface area contributed by atoms with Crippen molar-refractivity contribution in [2.75, 3.05) is 0 Å². The first kappa shape index (κ1) is 23.3. The molecule has 2 N–H and O–H groups in total. The average Bonchev–Trinajstić information content (AvgIpc) is 2.61. The Morgan fingerprint density at radius 2 is 1.21 bits per heavy atom. The van der Waals surface area contributed by atoms with E-state index in [2.05, 4.69) is 74.4 Å². The van der Waals surface area contributed by atoms with E-state index in [0.29, 0.717) is 0 Å². The molecule has 0 spiro atoms. The molecule has 29 heavy (non-hydrogen) atoms. The van der Waals surface area contributed by atoms with Crippen LogP contribution in [0.15, 0.2) is 30.3 Å². The van der Waals surface area contributed by atoms with Crippen LogP contribution in [0.1, 0.15) is 103 Å². The minimum absolute atomic E-state index is 0.0443. The summed E-state index contributed by atoms with van der Waals surface area (Å²) >= 11 is 0. The molecule has 2 nitrogen and oxygen atoms in total. The van der Waals surface area contributed by atoms with Crippen molar-refractivity contribution in [3.8, 4) is 11.5 Å². The van der Waals surface area contributed by atoms with Gasteiger partial charge in [-0.05, 0) is 40.4 Å². The van der Waals surface area contributed by atoms with Crippen LogP contribution < -0.4 is 0 Å². The molecule has 0 bridgehead atoms. The maximum absolute atomic E-state index is 11.4. The van der Waals surface area contributed by atoms with Gasteiger partial charge in [0.25, 0.3) is 0 Å². The molecule has 0 aromatic heterocycles. The van der Waals surface area contributed by atoms with Crippen LogP contribution in [0.5, 0.6) is 11.5 Å². The Labute approximate surface area is 178 Å². The summed E-state index contributed by atoms with van der Waals surface area (Å²) in [6.07, 6.45) is 2.81. The molecule has 160 valence electrons. The number of phenols is 2. The minimum Gasteiger partial charge on any atom is -0.504 e. The van der Waals surface area contributed by atoms with E-state index in [1.54, 1.807) is 0 Å². The second-order valence-electron chi connectivity index (χ2n) is 10.9. The van der Waals surface area contributed by atoms with Gasteiger partial charge in [-0.25, -0.2) is 0 Å². The number of aromatic hydroxyl groups is 2. The van der Waals surface area contributed by atoms with Crippen LogP contribution >= 0.6 is 0 Å². The maximum atomic E-state index is 11.4. The van der Waals surface area contributed by atoms with Crippen molar-refractivity contribution in [1.29, 1.82) is 0 Å². The van der Waals surface area contributed by atoms with Crippen molar-refractivity contribution >= 4 is 0 Å². The molecule has 0 fully saturated rings. The predicted octanol–water partition coefficient (Wildman–Crippen LogP) is 7.36. The van der Waals surface area contributed by atoms with Gasteiger partial charge >= 0.3 is 0 Å². The zero-order chi connectivity index (χ0) is 22.2. The summed E-state index contributed by atoms with van der Waals surface area (Å²) in [5, 5.41) is 22.6. The third-order valence-corrected chi connectivity index (χ3v) is 5.95. The Morgan fingerprint density at radius 1 is 0.690 bits per heavy atom. The zero-order valence-electron chi connectivity index (χ0n) is 19.9. The van der Waals surface area contributed by atoms with Gasteiger partial charge in [-0.3, -0.25) is 0 Å². The molecule has 2 aromatic rings. The lowest BCUT2D eigenvalue weighted by atomic mass is 9.64. The first-order valence-corrected chi connectivity index (χ1v) is 10.9. The van der Waals surface area contributed by atoms with Gasteiger partial charge in [0.05, 0.1) is 0 Å². The van der Waals surface area contributed by atoms with Gasteiger partial charge in [-0.2, -0.15) is 0 Å². The van der Waals surface area contributed by atoms with E-state index >= 15 is 0 Å². The summed E-state index contributed by atoms with van der Waals surface area (Å²) < 4.78 is 0. The highest BCUT2D eigenvalue weighted by Crippen LogP contribution is 2.52. The molecule has 0 radical (unpaired) electrons. The second-order valence-corrected chi connectivity index (χ2v) is 10.9. The fraction of sp³-hybridized carbons (Fsp3) is 0.556. The Bertz CT molecular complexity index is 847. The van der Waals surface area contributed by atoms with Crippen LogP contribution in [-0.2, 0) is 22.7 Å². The highest BCUT2D eigenvalue weighted by molar-refractivity contribution is 5.66. The number of unbranched alkanes of at least 4 members (excludes halogenated alkanes) is 1. The standard InChI is InChI=1S/C27H40O2/c1-10-11-17-19-20(25(2,3)4)21(26(5,6)7)22(24(29)23(19)28)27(8,9)18-15-13-12-14-16-18/h12-16,28-29H,10-11,17H2,1-9H3. The topological polar surface area (TPSA) is 40.5 Å². The molecule has 0 aliphatic heterocycles. The molecule has 0 heterocycles. The summed E-state index contributed by atoms with van der Waals surface area (Å²) in [5.41, 5.74) is 4.45. The SMILES string of the molecule is CCCCc1c(O)c(O)c(C(C)(C)c2ccccc2)c(C(C)(C)C)c1C(C)(C)C. The van der Waals surface area contributed by atoms with Crippen molar-refractivity contribution in [1.82, 2.24) is 0 Å². The first-order chi connectivity index (χ1) is 13.2. The molecule has 2 rings (SSSR count). The first-order valence-electron chi connectivity index (χ1n) is 10.9. The predicted molar refractivity (Wildman–Crippen MR) is 124 cm³/mol. The van der Waals surface area contributed by atoms with Crippen molar-refractivity contribution in [3.05, 3.63) is 58.1 Å². The largest absolute Gasteiger partial charge is 0.504 e. The molecular weight excluding hydrogens is 356 g/mol. The Balaban J connectivity index is 3.04. The van der Waals surface area contributed by atoms with Crippen LogP contribution in [0, 0.1) is 0 Å². The number of hydrogen-bond acceptors (Lipinski definition) is 2. The average molecular weight is 397 g/mol. The van der Waals surface area contributed by atoms with E-state index in [0.717, 1.165) is 36.0 Å². The molecule has 2 heteroatoms. The zero-order valence-corrected chi connectivity index (χ0v) is 19.9. The van der Waals surface area contributed by atoms with Crippen LogP contribution in [0.4, 0.5) is 0 Å². The monoisotopic (exact) mass is 396 g/mol. The molecule has 0 amide bonds. The number of rotatable bonds is 5. The Morgan fingerprint density at radius 3 is 1.66 bits per heavy atom. The highest BCUT2D eigenvalue weighted by atomic mass is 16.3. The van der Waals surface area contributed by atoms with Gasteiger partial charge < -0.3 is 10.2 Å². The summed E-state index contributed by atoms with van der Waals surface area (Å²) in [6, 6.07) is 10.3. The molecular formula is C27H40O2. The van der Waals surface area contributed by atoms with Crippen LogP contribution in [0.2, 0.25) is 0 Å². The fourth-order valence-electron chi connectivity index (χ4n) is 4.56. The maximum Gasteiger partial charge on any atom is 0.162 e. The lowest BCUT2D eigenvalue weighted by molar-refractivity contribution is 0.376. The lowest BCUT2D eigenvalue weighted by Gasteiger charge is -2.40. The summed E-state index contributed by atoms with van der Waals surface area (Å²) in [4.78, 5) is 0. The molecule has 0 aliphatic carbocycles. The van der Waals surface area contributed by atoms with Crippen LogP contribution in [0.3, 0.4) is 0 Å². The van der Waals surface area contributed by atoms with E-state index in [-0.39, 0.29) is 22.3 Å². The molecule has 0 unspecified atom stereocenters. The minimum atomic E-state index is -0.450. The molecule has 0 saturated carbocycles. The van der Waals surface area contributed by atoms with Gasteiger partial charge in [0.1, 0.15) is 0 Å². The Hall–Kier alpha value is -1.96. The van der Waals surface area contributed by atoms with E-state index in [9.17, 15) is 10.2 Å². The van der Waals surface area contributed by atoms with Crippen molar-refractivity contribution < 1.29 is 10.2 Å². The van der Waals surface area contributed by atoms with Crippen molar-refractivity contribution in [3.63, 3.8) is 0 Å². The normalized spacial score (nSPS) is 13.0. The van der Waals surface area contributed by atoms with Crippen LogP contribution in [-0.4, -0.2) is 10.2 Å². The van der Waals surface area contributed by atoms with Crippen molar-refractivity contribution in [2.45, 2.75) is 97.8 Å². The van der Waals surface area contributed by atoms with E-state index < -0.39 is 5.41 Å². The second kappa shape index (κ2) is 8.05. The van der Waals surface area contributed by atoms with Crippen LogP contribution in [0.25, 0.3) is 0 Å². The van der Waals surface area contributed by atoms with Gasteiger partial charge in [-0.1, -0.05) is 99.1 Å². The van der Waals surface area contributed by atoms with Gasteiger partial charge in [0.15, 0.2) is 11.5 Å². The quantitative estimate of drug-likeness (QED) is 0.518. The molecule has 0 aliphatic rings. The number of benzene rings is 2. The summed E-state index contributed by atoms with van der Waals surface area (Å²) in [6.45, 7) is 19.7. The number of hydrogen-bond donors (Lipinski definition) is 2. The van der Waals surface area contributed by atoms with E-state index in [4.69, 9.17) is 0 Å².